The van der Waals surface area contributed by atoms with Crippen molar-refractivity contribution in [2.45, 2.75) is 43.6 Å². The number of anilines is 1. The first kappa shape index (κ1) is 22.6. The topological polar surface area (TPSA) is 75.9 Å². The summed E-state index contributed by atoms with van der Waals surface area (Å²) >= 11 is 7.98. The van der Waals surface area contributed by atoms with Gasteiger partial charge in [0.1, 0.15) is 0 Å². The highest BCUT2D eigenvalue weighted by molar-refractivity contribution is 8.00. The number of rotatable bonds is 8. The van der Waals surface area contributed by atoms with E-state index in [1.807, 2.05) is 54.8 Å². The summed E-state index contributed by atoms with van der Waals surface area (Å²) in [5, 5.41) is 13.0. The van der Waals surface area contributed by atoms with Gasteiger partial charge in [0, 0.05) is 32.0 Å². The monoisotopic (exact) mass is 470 g/mol. The molecule has 3 aromatic rings. The van der Waals surface area contributed by atoms with Gasteiger partial charge >= 0.3 is 0 Å². The lowest BCUT2D eigenvalue weighted by molar-refractivity contribution is -0.121. The minimum absolute atomic E-state index is 0.0368. The number of pyridine rings is 1. The van der Waals surface area contributed by atoms with E-state index in [9.17, 15) is 4.79 Å². The second-order valence-corrected chi connectivity index (χ2v) is 9.64. The predicted molar refractivity (Wildman–Crippen MR) is 128 cm³/mol. The number of amides is 1. The number of hydrogen-bond acceptors (Lipinski definition) is 6. The molecule has 0 saturated carbocycles. The van der Waals surface area contributed by atoms with E-state index in [1.54, 1.807) is 12.4 Å². The Morgan fingerprint density at radius 2 is 1.94 bits per heavy atom. The van der Waals surface area contributed by atoms with E-state index in [0.717, 1.165) is 43.1 Å². The number of nitrogens with one attached hydrogen (secondary N) is 1. The van der Waals surface area contributed by atoms with Crippen LogP contribution in [0.2, 0.25) is 5.02 Å². The Balaban J connectivity index is 1.61. The lowest BCUT2D eigenvalue weighted by Crippen LogP contribution is -2.35. The summed E-state index contributed by atoms with van der Waals surface area (Å²) in [6, 6.07) is 11.5. The fourth-order valence-electron chi connectivity index (χ4n) is 3.70. The highest BCUT2D eigenvalue weighted by atomic mass is 35.5. The van der Waals surface area contributed by atoms with Gasteiger partial charge in [-0.05, 0) is 42.5 Å². The predicted octanol–water partition coefficient (Wildman–Crippen LogP) is 4.35. The molecular formula is C23H27ClN6OS. The number of carbonyl (C=O) groups excluding carboxylic acids is 1. The molecule has 0 radical (unpaired) electrons. The number of hydrogen-bond donors (Lipinski definition) is 1. The molecule has 0 spiro atoms. The van der Waals surface area contributed by atoms with Crippen molar-refractivity contribution in [3.05, 3.63) is 59.4 Å². The molecule has 1 aromatic carbocycles. The lowest BCUT2D eigenvalue weighted by atomic mass is 10.1. The first-order valence-electron chi connectivity index (χ1n) is 10.8. The number of benzene rings is 1. The highest BCUT2D eigenvalue weighted by Gasteiger charge is 2.29. The normalized spacial score (nSPS) is 14.7. The number of halogens is 1. The zero-order valence-corrected chi connectivity index (χ0v) is 19.8. The maximum absolute atomic E-state index is 13.1. The van der Waals surface area contributed by atoms with Crippen molar-refractivity contribution < 1.29 is 4.79 Å². The van der Waals surface area contributed by atoms with E-state index in [-0.39, 0.29) is 17.1 Å². The van der Waals surface area contributed by atoms with Crippen LogP contribution in [-0.4, -0.2) is 44.0 Å². The van der Waals surface area contributed by atoms with Crippen molar-refractivity contribution in [2.24, 2.45) is 5.92 Å². The molecule has 1 amide bonds. The van der Waals surface area contributed by atoms with Gasteiger partial charge in [0.25, 0.3) is 0 Å². The molecule has 1 N–H and O–H groups in total. The van der Waals surface area contributed by atoms with E-state index < -0.39 is 0 Å². The Hall–Kier alpha value is -2.58. The molecule has 1 fully saturated rings. The number of carbonyl (C=O) groups is 1. The maximum Gasteiger partial charge on any atom is 0.234 e. The van der Waals surface area contributed by atoms with Crippen LogP contribution in [0.4, 0.5) is 5.95 Å². The van der Waals surface area contributed by atoms with E-state index in [1.165, 1.54) is 11.8 Å². The molecule has 0 bridgehead atoms. The van der Waals surface area contributed by atoms with E-state index in [4.69, 9.17) is 11.6 Å². The first-order valence-corrected chi connectivity index (χ1v) is 12.1. The van der Waals surface area contributed by atoms with Gasteiger partial charge in [-0.15, -0.1) is 10.2 Å². The van der Waals surface area contributed by atoms with Crippen molar-refractivity contribution in [1.29, 1.82) is 0 Å². The molecule has 168 valence electrons. The smallest absolute Gasteiger partial charge is 0.234 e. The van der Waals surface area contributed by atoms with Crippen LogP contribution >= 0.6 is 23.4 Å². The van der Waals surface area contributed by atoms with Crippen LogP contribution in [0.15, 0.2) is 53.9 Å². The molecule has 1 atom stereocenters. The molecule has 3 heterocycles. The number of nitrogens with zero attached hydrogens (tertiary/aromatic N) is 5. The van der Waals surface area contributed by atoms with Crippen LogP contribution in [0, 0.1) is 5.92 Å². The van der Waals surface area contributed by atoms with Gasteiger partial charge in [0.2, 0.25) is 11.9 Å². The third kappa shape index (κ3) is 5.07. The molecule has 7 nitrogen and oxygen atoms in total. The third-order valence-electron chi connectivity index (χ3n) is 5.38. The SMILES string of the molecule is CC(C)C(Sc1nnc(N2CCCC2)n1-c1ccccc1Cl)C(=O)NCc1cccnc1. The highest BCUT2D eigenvalue weighted by Crippen LogP contribution is 2.35. The summed E-state index contributed by atoms with van der Waals surface area (Å²) in [6.07, 6.45) is 5.73. The van der Waals surface area contributed by atoms with Gasteiger partial charge < -0.3 is 10.2 Å². The Morgan fingerprint density at radius 3 is 2.62 bits per heavy atom. The molecule has 32 heavy (non-hydrogen) atoms. The van der Waals surface area contributed by atoms with Crippen molar-refractivity contribution in [3.63, 3.8) is 0 Å². The zero-order chi connectivity index (χ0) is 22.5. The Kier molecular flexibility index (Phi) is 7.32. The maximum atomic E-state index is 13.1. The third-order valence-corrected chi connectivity index (χ3v) is 7.19. The molecule has 9 heteroatoms. The second kappa shape index (κ2) is 10.4. The first-order chi connectivity index (χ1) is 15.5. The summed E-state index contributed by atoms with van der Waals surface area (Å²) in [5.41, 5.74) is 1.78. The minimum atomic E-state index is -0.330. The molecule has 1 aliphatic rings. The summed E-state index contributed by atoms with van der Waals surface area (Å²) in [6.45, 7) is 6.39. The van der Waals surface area contributed by atoms with Crippen LogP contribution in [0.25, 0.3) is 5.69 Å². The Labute approximate surface area is 197 Å². The van der Waals surface area contributed by atoms with Crippen molar-refractivity contribution >= 4 is 35.2 Å². The van der Waals surface area contributed by atoms with Gasteiger partial charge in [-0.25, -0.2) is 0 Å². The van der Waals surface area contributed by atoms with Crippen molar-refractivity contribution in [3.8, 4) is 5.69 Å². The number of aromatic nitrogens is 4. The minimum Gasteiger partial charge on any atom is -0.351 e. The summed E-state index contributed by atoms with van der Waals surface area (Å²) < 4.78 is 1.99. The lowest BCUT2D eigenvalue weighted by Gasteiger charge is -2.22. The van der Waals surface area contributed by atoms with Crippen molar-refractivity contribution in [1.82, 2.24) is 25.1 Å². The molecule has 2 aromatic heterocycles. The standard InChI is InChI=1S/C23H27ClN6OS/c1-16(2)20(21(31)26-15-17-8-7-11-25-14-17)32-23-28-27-22(29-12-5-6-13-29)30(23)19-10-4-3-9-18(19)24/h3-4,7-11,14,16,20H,5-6,12-13,15H2,1-2H3,(H,26,31). The number of para-hydroxylation sites is 1. The van der Waals surface area contributed by atoms with Gasteiger partial charge in [0.15, 0.2) is 5.16 Å². The Bertz CT molecular complexity index is 1050. The van der Waals surface area contributed by atoms with E-state index in [2.05, 4.69) is 25.4 Å². The van der Waals surface area contributed by atoms with Gasteiger partial charge in [-0.1, -0.05) is 55.4 Å². The fraction of sp³-hybridized carbons (Fsp3) is 0.391. The average Bonchev–Trinajstić information content (AvgIpc) is 3.46. The van der Waals surface area contributed by atoms with Crippen LogP contribution in [0.3, 0.4) is 0 Å². The van der Waals surface area contributed by atoms with Crippen molar-refractivity contribution in [2.75, 3.05) is 18.0 Å². The van der Waals surface area contributed by atoms with Gasteiger partial charge in [-0.2, -0.15) is 0 Å². The molecule has 4 rings (SSSR count). The van der Waals surface area contributed by atoms with E-state index in [0.29, 0.717) is 16.7 Å². The van der Waals surface area contributed by atoms with E-state index >= 15 is 0 Å². The largest absolute Gasteiger partial charge is 0.351 e. The van der Waals surface area contributed by atoms with Crippen LogP contribution in [0.1, 0.15) is 32.3 Å². The van der Waals surface area contributed by atoms with Crippen LogP contribution in [0.5, 0.6) is 0 Å². The summed E-state index contributed by atoms with van der Waals surface area (Å²) in [7, 11) is 0. The zero-order valence-electron chi connectivity index (χ0n) is 18.2. The van der Waals surface area contributed by atoms with Crippen LogP contribution < -0.4 is 10.2 Å². The summed E-state index contributed by atoms with van der Waals surface area (Å²) in [4.78, 5) is 19.4. The Morgan fingerprint density at radius 1 is 1.16 bits per heavy atom. The average molecular weight is 471 g/mol. The van der Waals surface area contributed by atoms with Gasteiger partial charge in [-0.3, -0.25) is 14.3 Å². The summed E-state index contributed by atoms with van der Waals surface area (Å²) in [5.74, 6) is 0.835. The molecule has 1 unspecified atom stereocenters. The second-order valence-electron chi connectivity index (χ2n) is 8.13. The molecule has 1 saturated heterocycles. The fourth-order valence-corrected chi connectivity index (χ4v) is 4.99. The molecule has 0 aliphatic carbocycles. The molecular weight excluding hydrogens is 444 g/mol. The quantitative estimate of drug-likeness (QED) is 0.493. The van der Waals surface area contributed by atoms with Crippen LogP contribution in [-0.2, 0) is 11.3 Å². The number of thioether (sulfide) groups is 1. The van der Waals surface area contributed by atoms with Gasteiger partial charge in [0.05, 0.1) is 16.0 Å². The molecule has 1 aliphatic heterocycles.